The normalized spacial score (nSPS) is 11.3. The van der Waals surface area contributed by atoms with Gasteiger partial charge in [0.1, 0.15) is 5.82 Å². The third-order valence-electron chi connectivity index (χ3n) is 2.77. The zero-order valence-corrected chi connectivity index (χ0v) is 12.3. The Labute approximate surface area is 122 Å². The Morgan fingerprint density at radius 3 is 2.55 bits per heavy atom. The number of rotatable bonds is 4. The summed E-state index contributed by atoms with van der Waals surface area (Å²) < 4.78 is 36.9. The Bertz CT molecular complexity index is 732. The number of halogens is 2. The first-order valence-electron chi connectivity index (χ1n) is 5.85. The SMILES string of the molecule is CS(=O)(=O)c1ccccc1NCc1ccc(Cl)cc1F. The van der Waals surface area contributed by atoms with Gasteiger partial charge in [-0.1, -0.05) is 29.8 Å². The molecule has 20 heavy (non-hydrogen) atoms. The number of para-hydroxylation sites is 1. The molecular weight excluding hydrogens is 301 g/mol. The van der Waals surface area contributed by atoms with Crippen molar-refractivity contribution in [3.63, 3.8) is 0 Å². The molecule has 0 aliphatic carbocycles. The van der Waals surface area contributed by atoms with Crippen LogP contribution in [0.1, 0.15) is 5.56 Å². The average Bonchev–Trinajstić information content (AvgIpc) is 2.37. The Hall–Kier alpha value is -1.59. The van der Waals surface area contributed by atoms with E-state index < -0.39 is 15.7 Å². The highest BCUT2D eigenvalue weighted by atomic mass is 35.5. The molecule has 0 aliphatic rings. The summed E-state index contributed by atoms with van der Waals surface area (Å²) in [6, 6.07) is 10.9. The Kier molecular flexibility index (Phi) is 4.30. The van der Waals surface area contributed by atoms with Crippen molar-refractivity contribution in [2.45, 2.75) is 11.4 Å². The van der Waals surface area contributed by atoms with E-state index in [1.54, 1.807) is 30.3 Å². The predicted molar refractivity (Wildman–Crippen MR) is 78.3 cm³/mol. The monoisotopic (exact) mass is 313 g/mol. The van der Waals surface area contributed by atoms with E-state index in [-0.39, 0.29) is 11.4 Å². The molecule has 0 amide bonds. The molecule has 1 N–H and O–H groups in total. The predicted octanol–water partition coefficient (Wildman–Crippen LogP) is 3.49. The lowest BCUT2D eigenvalue weighted by molar-refractivity contribution is 0.602. The summed E-state index contributed by atoms with van der Waals surface area (Å²) in [5.41, 5.74) is 0.863. The summed E-state index contributed by atoms with van der Waals surface area (Å²) in [4.78, 5) is 0.189. The molecule has 0 heterocycles. The molecule has 0 bridgehead atoms. The van der Waals surface area contributed by atoms with Gasteiger partial charge >= 0.3 is 0 Å². The van der Waals surface area contributed by atoms with Crippen LogP contribution >= 0.6 is 11.6 Å². The van der Waals surface area contributed by atoms with Crippen molar-refractivity contribution in [2.75, 3.05) is 11.6 Å². The van der Waals surface area contributed by atoms with Gasteiger partial charge < -0.3 is 5.32 Å². The number of hydrogen-bond acceptors (Lipinski definition) is 3. The van der Waals surface area contributed by atoms with Gasteiger partial charge in [-0.3, -0.25) is 0 Å². The average molecular weight is 314 g/mol. The van der Waals surface area contributed by atoms with E-state index in [4.69, 9.17) is 11.6 Å². The molecule has 0 aromatic heterocycles. The van der Waals surface area contributed by atoms with E-state index in [2.05, 4.69) is 5.32 Å². The van der Waals surface area contributed by atoms with Crippen LogP contribution in [-0.4, -0.2) is 14.7 Å². The third kappa shape index (κ3) is 3.49. The summed E-state index contributed by atoms with van der Waals surface area (Å²) in [5.74, 6) is -0.429. The van der Waals surface area contributed by atoms with E-state index >= 15 is 0 Å². The van der Waals surface area contributed by atoms with Crippen molar-refractivity contribution in [3.05, 3.63) is 58.9 Å². The highest BCUT2D eigenvalue weighted by molar-refractivity contribution is 7.90. The topological polar surface area (TPSA) is 46.2 Å². The fourth-order valence-corrected chi connectivity index (χ4v) is 2.82. The number of benzene rings is 2. The van der Waals surface area contributed by atoms with Gasteiger partial charge in [0.05, 0.1) is 10.6 Å². The first-order valence-corrected chi connectivity index (χ1v) is 8.12. The molecule has 2 rings (SSSR count). The van der Waals surface area contributed by atoms with Crippen LogP contribution in [0.25, 0.3) is 0 Å². The van der Waals surface area contributed by atoms with Gasteiger partial charge in [-0.2, -0.15) is 0 Å². The van der Waals surface area contributed by atoms with E-state index in [1.807, 2.05) is 0 Å². The zero-order chi connectivity index (χ0) is 14.8. The highest BCUT2D eigenvalue weighted by Gasteiger charge is 2.12. The van der Waals surface area contributed by atoms with Gasteiger partial charge in [0.2, 0.25) is 0 Å². The summed E-state index contributed by atoms with van der Waals surface area (Å²) in [6.45, 7) is 0.176. The summed E-state index contributed by atoms with van der Waals surface area (Å²) in [7, 11) is -3.33. The fourth-order valence-electron chi connectivity index (χ4n) is 1.79. The lowest BCUT2D eigenvalue weighted by Crippen LogP contribution is -2.07. The van der Waals surface area contributed by atoms with E-state index in [9.17, 15) is 12.8 Å². The summed E-state index contributed by atoms with van der Waals surface area (Å²) >= 11 is 5.68. The van der Waals surface area contributed by atoms with Crippen LogP contribution in [0.3, 0.4) is 0 Å². The first-order chi connectivity index (χ1) is 9.38. The van der Waals surface area contributed by atoms with E-state index in [1.165, 1.54) is 12.1 Å². The van der Waals surface area contributed by atoms with Crippen LogP contribution < -0.4 is 5.32 Å². The van der Waals surface area contributed by atoms with Crippen molar-refractivity contribution in [1.82, 2.24) is 0 Å². The minimum atomic E-state index is -3.33. The minimum Gasteiger partial charge on any atom is -0.380 e. The molecule has 2 aromatic rings. The van der Waals surface area contributed by atoms with Crippen molar-refractivity contribution >= 4 is 27.1 Å². The van der Waals surface area contributed by atoms with Gasteiger partial charge in [0.25, 0.3) is 0 Å². The molecule has 0 radical (unpaired) electrons. The van der Waals surface area contributed by atoms with Crippen LogP contribution in [0.2, 0.25) is 5.02 Å². The van der Waals surface area contributed by atoms with Crippen molar-refractivity contribution in [1.29, 1.82) is 0 Å². The molecule has 106 valence electrons. The van der Waals surface area contributed by atoms with Crippen LogP contribution in [-0.2, 0) is 16.4 Å². The Morgan fingerprint density at radius 1 is 1.20 bits per heavy atom. The molecule has 0 atom stereocenters. The molecule has 0 saturated carbocycles. The van der Waals surface area contributed by atoms with E-state index in [0.29, 0.717) is 16.3 Å². The second kappa shape index (κ2) is 5.81. The molecule has 6 heteroatoms. The maximum Gasteiger partial charge on any atom is 0.177 e. The number of sulfone groups is 1. The smallest absolute Gasteiger partial charge is 0.177 e. The van der Waals surface area contributed by atoms with Crippen molar-refractivity contribution < 1.29 is 12.8 Å². The molecule has 0 unspecified atom stereocenters. The maximum absolute atomic E-state index is 13.6. The molecule has 0 aliphatic heterocycles. The quantitative estimate of drug-likeness (QED) is 0.939. The largest absolute Gasteiger partial charge is 0.380 e. The fraction of sp³-hybridized carbons (Fsp3) is 0.143. The molecular formula is C14H13ClFNO2S. The second-order valence-corrected chi connectivity index (χ2v) is 6.78. The van der Waals surface area contributed by atoms with Crippen LogP contribution in [0.4, 0.5) is 10.1 Å². The van der Waals surface area contributed by atoms with Gasteiger partial charge in [0, 0.05) is 23.4 Å². The highest BCUT2D eigenvalue weighted by Crippen LogP contribution is 2.22. The molecule has 2 aromatic carbocycles. The summed E-state index contributed by atoms with van der Waals surface area (Å²) in [5, 5.41) is 3.26. The zero-order valence-electron chi connectivity index (χ0n) is 10.7. The van der Waals surface area contributed by atoms with Crippen LogP contribution in [0.15, 0.2) is 47.4 Å². The van der Waals surface area contributed by atoms with Gasteiger partial charge in [-0.05, 0) is 24.3 Å². The first kappa shape index (κ1) is 14.8. The van der Waals surface area contributed by atoms with Crippen LogP contribution in [0.5, 0.6) is 0 Å². The number of hydrogen-bond donors (Lipinski definition) is 1. The van der Waals surface area contributed by atoms with Gasteiger partial charge in [0.15, 0.2) is 9.84 Å². The van der Waals surface area contributed by atoms with Crippen molar-refractivity contribution in [2.24, 2.45) is 0 Å². The maximum atomic E-state index is 13.6. The Balaban J connectivity index is 2.24. The number of anilines is 1. The molecule has 0 saturated heterocycles. The molecule has 0 spiro atoms. The number of nitrogens with one attached hydrogen (secondary N) is 1. The van der Waals surface area contributed by atoms with Gasteiger partial charge in [-0.25, -0.2) is 12.8 Å². The van der Waals surface area contributed by atoms with E-state index in [0.717, 1.165) is 6.26 Å². The minimum absolute atomic E-state index is 0.176. The lowest BCUT2D eigenvalue weighted by atomic mass is 10.2. The lowest BCUT2D eigenvalue weighted by Gasteiger charge is -2.11. The second-order valence-electron chi connectivity index (χ2n) is 4.36. The third-order valence-corrected chi connectivity index (χ3v) is 4.16. The van der Waals surface area contributed by atoms with Crippen molar-refractivity contribution in [3.8, 4) is 0 Å². The molecule has 3 nitrogen and oxygen atoms in total. The molecule has 0 fully saturated rings. The van der Waals surface area contributed by atoms with Crippen LogP contribution in [0, 0.1) is 5.82 Å². The standard InChI is InChI=1S/C14H13ClFNO2S/c1-20(18,19)14-5-3-2-4-13(14)17-9-10-6-7-11(15)8-12(10)16/h2-8,17H,9H2,1H3. The van der Waals surface area contributed by atoms with Gasteiger partial charge in [-0.15, -0.1) is 0 Å². The summed E-state index contributed by atoms with van der Waals surface area (Å²) in [6.07, 6.45) is 1.14. The Morgan fingerprint density at radius 2 is 1.90 bits per heavy atom.